The van der Waals surface area contributed by atoms with Crippen molar-refractivity contribution < 1.29 is 14.3 Å². The number of hydrogen-bond donors (Lipinski definition) is 1. The first-order valence-corrected chi connectivity index (χ1v) is 9.45. The summed E-state index contributed by atoms with van der Waals surface area (Å²) in [6.07, 6.45) is 1.58. The molecule has 0 bridgehead atoms. The Morgan fingerprint density at radius 1 is 1.37 bits per heavy atom. The second-order valence-corrected chi connectivity index (χ2v) is 6.90. The molecule has 0 saturated carbocycles. The van der Waals surface area contributed by atoms with Gasteiger partial charge in [0.05, 0.1) is 24.5 Å². The monoisotopic (exact) mass is 426 g/mol. The Morgan fingerprint density at radius 2 is 2.17 bits per heavy atom. The predicted molar refractivity (Wildman–Crippen MR) is 110 cm³/mol. The Kier molecular flexibility index (Phi) is 6.72. The van der Waals surface area contributed by atoms with E-state index < -0.39 is 12.2 Å². The molecule has 0 unspecified atom stereocenters. The molecule has 1 fully saturated rings. The summed E-state index contributed by atoms with van der Waals surface area (Å²) in [6, 6.07) is 4.90. The summed E-state index contributed by atoms with van der Waals surface area (Å²) in [6.45, 7) is 11.4. The second-order valence-electron chi connectivity index (χ2n) is 6.51. The van der Waals surface area contributed by atoms with Crippen LogP contribution >= 0.6 is 11.6 Å². The molecule has 0 aromatic carbocycles. The predicted octanol–water partition coefficient (Wildman–Crippen LogP) is 1.93. The van der Waals surface area contributed by atoms with Crippen LogP contribution in [0.4, 0.5) is 0 Å². The summed E-state index contributed by atoms with van der Waals surface area (Å²) < 4.78 is 6.04. The van der Waals surface area contributed by atoms with Crippen LogP contribution in [0.5, 0.6) is 0 Å². The van der Waals surface area contributed by atoms with Gasteiger partial charge in [-0.25, -0.2) is 21.5 Å². The number of rotatable bonds is 5. The van der Waals surface area contributed by atoms with E-state index in [1.807, 2.05) is 0 Å². The molecule has 1 saturated heterocycles. The van der Waals surface area contributed by atoms with Crippen LogP contribution in [-0.2, 0) is 9.53 Å². The lowest BCUT2D eigenvalue weighted by atomic mass is 10.0. The van der Waals surface area contributed by atoms with E-state index in [9.17, 15) is 9.59 Å². The smallest absolute Gasteiger partial charge is 0.269 e. The van der Waals surface area contributed by atoms with Gasteiger partial charge < -0.3 is 19.8 Å². The lowest BCUT2D eigenvalue weighted by Gasteiger charge is -2.36. The van der Waals surface area contributed by atoms with Crippen molar-refractivity contribution >= 4 is 23.4 Å². The fourth-order valence-electron chi connectivity index (χ4n) is 3.12. The van der Waals surface area contributed by atoms with Gasteiger partial charge in [0.1, 0.15) is 29.4 Å². The lowest BCUT2D eigenvalue weighted by Crippen LogP contribution is -2.47. The molecule has 3 rings (SSSR count). The van der Waals surface area contributed by atoms with E-state index in [4.69, 9.17) is 22.9 Å². The van der Waals surface area contributed by atoms with E-state index in [1.165, 1.54) is 25.5 Å². The van der Waals surface area contributed by atoms with Crippen molar-refractivity contribution in [2.45, 2.75) is 12.2 Å². The molecule has 1 aliphatic rings. The zero-order valence-electron chi connectivity index (χ0n) is 16.2. The Bertz CT molecular complexity index is 1020. The molecule has 2 aromatic heterocycles. The maximum absolute atomic E-state index is 12.2. The molecule has 0 radical (unpaired) electrons. The highest BCUT2D eigenvalue weighted by Gasteiger charge is 2.32. The summed E-state index contributed by atoms with van der Waals surface area (Å²) in [5, 5.41) is 2.72. The van der Waals surface area contributed by atoms with Gasteiger partial charge in [-0.1, -0.05) is 18.2 Å². The van der Waals surface area contributed by atoms with Crippen molar-refractivity contribution in [2.75, 3.05) is 26.7 Å². The number of morpholine rings is 1. The number of carbonyl (C=O) groups excluding carboxylic acids is 2. The molecule has 0 spiro atoms. The fourth-order valence-corrected chi connectivity index (χ4v) is 3.33. The van der Waals surface area contributed by atoms with Gasteiger partial charge in [0.25, 0.3) is 5.91 Å². The fraction of sp³-hybridized carbons (Fsp3) is 0.300. The Morgan fingerprint density at radius 3 is 2.87 bits per heavy atom. The Hall–Kier alpha value is -3.35. The Labute approximate surface area is 178 Å². The zero-order chi connectivity index (χ0) is 21.7. The largest absolute Gasteiger partial charge is 0.359 e. The van der Waals surface area contributed by atoms with E-state index in [0.717, 1.165) is 0 Å². The van der Waals surface area contributed by atoms with Crippen LogP contribution in [0.25, 0.3) is 16.2 Å². The van der Waals surface area contributed by atoms with Crippen molar-refractivity contribution in [1.82, 2.24) is 25.2 Å². The van der Waals surface area contributed by atoms with E-state index in [2.05, 4.69) is 31.7 Å². The number of halogens is 1. The number of pyridine rings is 1. The first-order valence-electron chi connectivity index (χ1n) is 9.07. The molecule has 154 valence electrons. The first kappa shape index (κ1) is 21.4. The molecular formula is C20H19ClN6O3. The SMILES string of the molecule is [C-]#[N+]C[C@@H]1CN(C(=O)C=C)C[C@@H](c2cc(Cl)nc(-c3cc(C(=O)NC)ncn3)c2)O1. The third kappa shape index (κ3) is 4.79. The van der Waals surface area contributed by atoms with Crippen molar-refractivity contribution in [3.63, 3.8) is 0 Å². The molecule has 2 atom stereocenters. The van der Waals surface area contributed by atoms with Crippen molar-refractivity contribution in [3.8, 4) is 11.4 Å². The van der Waals surface area contributed by atoms with Crippen molar-refractivity contribution in [2.24, 2.45) is 0 Å². The number of nitrogens with zero attached hydrogens (tertiary/aromatic N) is 5. The van der Waals surface area contributed by atoms with Crippen LogP contribution in [-0.4, -0.2) is 64.5 Å². The van der Waals surface area contributed by atoms with Crippen LogP contribution < -0.4 is 5.32 Å². The van der Waals surface area contributed by atoms with Crippen LogP contribution in [0.3, 0.4) is 0 Å². The molecule has 1 aliphatic heterocycles. The highest BCUT2D eigenvalue weighted by atomic mass is 35.5. The van der Waals surface area contributed by atoms with Crippen molar-refractivity contribution in [3.05, 3.63) is 65.0 Å². The minimum Gasteiger partial charge on any atom is -0.359 e. The average molecular weight is 427 g/mol. The Balaban J connectivity index is 1.96. The van der Waals surface area contributed by atoms with Gasteiger partial charge in [-0.2, -0.15) is 0 Å². The van der Waals surface area contributed by atoms with E-state index in [0.29, 0.717) is 23.5 Å². The van der Waals surface area contributed by atoms with Crippen LogP contribution in [0, 0.1) is 6.57 Å². The molecule has 30 heavy (non-hydrogen) atoms. The molecule has 0 aliphatic carbocycles. The number of hydrogen-bond acceptors (Lipinski definition) is 6. The molecule has 3 heterocycles. The number of nitrogens with one attached hydrogen (secondary N) is 1. The quantitative estimate of drug-likeness (QED) is 0.445. The van der Waals surface area contributed by atoms with Gasteiger partial charge in [0.15, 0.2) is 0 Å². The van der Waals surface area contributed by atoms with E-state index in [1.54, 1.807) is 17.0 Å². The van der Waals surface area contributed by atoms with Gasteiger partial charge in [-0.3, -0.25) is 9.59 Å². The first-order chi connectivity index (χ1) is 14.4. The van der Waals surface area contributed by atoms with Crippen LogP contribution in [0.1, 0.15) is 22.2 Å². The summed E-state index contributed by atoms with van der Waals surface area (Å²) in [7, 11) is 1.51. The summed E-state index contributed by atoms with van der Waals surface area (Å²) in [4.78, 5) is 41.4. The number of amides is 2. The molecule has 2 amide bonds. The lowest BCUT2D eigenvalue weighted by molar-refractivity contribution is -0.139. The van der Waals surface area contributed by atoms with E-state index in [-0.39, 0.29) is 35.8 Å². The van der Waals surface area contributed by atoms with Crippen molar-refractivity contribution in [1.29, 1.82) is 0 Å². The zero-order valence-corrected chi connectivity index (χ0v) is 17.0. The maximum atomic E-state index is 12.2. The third-order valence-electron chi connectivity index (χ3n) is 4.53. The van der Waals surface area contributed by atoms with Gasteiger partial charge in [0.2, 0.25) is 12.5 Å². The average Bonchev–Trinajstić information content (AvgIpc) is 2.77. The maximum Gasteiger partial charge on any atom is 0.269 e. The molecular weight excluding hydrogens is 408 g/mol. The summed E-state index contributed by atoms with van der Waals surface area (Å²) >= 11 is 6.24. The highest BCUT2D eigenvalue weighted by molar-refractivity contribution is 6.29. The van der Waals surface area contributed by atoms with Gasteiger partial charge in [0, 0.05) is 7.05 Å². The third-order valence-corrected chi connectivity index (χ3v) is 4.72. The van der Waals surface area contributed by atoms with Gasteiger partial charge in [-0.15, -0.1) is 0 Å². The van der Waals surface area contributed by atoms with Crippen LogP contribution in [0.2, 0.25) is 5.15 Å². The van der Waals surface area contributed by atoms with E-state index >= 15 is 0 Å². The number of carbonyl (C=O) groups is 2. The summed E-state index contributed by atoms with van der Waals surface area (Å²) in [5.74, 6) is -0.582. The molecule has 1 N–H and O–H groups in total. The molecule has 2 aromatic rings. The van der Waals surface area contributed by atoms with Gasteiger partial charge >= 0.3 is 0 Å². The molecule has 10 heteroatoms. The normalized spacial score (nSPS) is 18.4. The number of ether oxygens (including phenoxy) is 1. The topological polar surface area (TPSA) is 102 Å². The second kappa shape index (κ2) is 9.43. The minimum absolute atomic E-state index is 0.129. The standard InChI is InChI=1S/C20H19ClN6O3/c1-4-19(28)27-9-13(8-22-2)30-17(10-27)12-5-15(26-18(21)6-12)14-7-16(20(29)23-3)25-11-24-14/h4-7,11,13,17H,1,8-10H2,3H3,(H,23,29)/t13-,17+/m1/s1. The summed E-state index contributed by atoms with van der Waals surface area (Å²) in [5.41, 5.74) is 1.73. The number of aromatic nitrogens is 3. The minimum atomic E-state index is -0.506. The van der Waals surface area contributed by atoms with Crippen LogP contribution in [0.15, 0.2) is 37.2 Å². The van der Waals surface area contributed by atoms with Gasteiger partial charge in [-0.05, 0) is 29.8 Å². The molecule has 9 nitrogen and oxygen atoms in total. The highest BCUT2D eigenvalue weighted by Crippen LogP contribution is 2.30.